The number of phenols is 3. The Morgan fingerprint density at radius 2 is 1.62 bits per heavy atom. The third-order valence-corrected chi connectivity index (χ3v) is 11.9. The van der Waals surface area contributed by atoms with Crippen LogP contribution in [0.1, 0.15) is 89.2 Å². The molecule has 0 spiro atoms. The van der Waals surface area contributed by atoms with Crippen molar-refractivity contribution in [2.45, 2.75) is 105 Å². The smallest absolute Gasteiger partial charge is 0.312 e. The first-order chi connectivity index (χ1) is 28.3. The van der Waals surface area contributed by atoms with Crippen LogP contribution < -0.4 is 10.1 Å². The number of aliphatic hydroxyl groups is 2. The Kier molecular flexibility index (Phi) is 14.3. The zero-order chi connectivity index (χ0) is 44.2. The minimum Gasteiger partial charge on any atom is -0.507 e. The lowest BCUT2D eigenvalue weighted by atomic mass is 9.78. The van der Waals surface area contributed by atoms with Gasteiger partial charge in [0.05, 0.1) is 53.0 Å². The number of aromatic hydroxyl groups is 3. The van der Waals surface area contributed by atoms with E-state index in [0.29, 0.717) is 0 Å². The fourth-order valence-corrected chi connectivity index (χ4v) is 8.10. The molecule has 1 amide bonds. The van der Waals surface area contributed by atoms with Gasteiger partial charge in [0.25, 0.3) is 11.7 Å². The van der Waals surface area contributed by atoms with Crippen molar-refractivity contribution in [2.24, 2.45) is 33.9 Å². The van der Waals surface area contributed by atoms with Gasteiger partial charge in [0.1, 0.15) is 29.7 Å². The summed E-state index contributed by atoms with van der Waals surface area (Å²) in [5.74, 6) is -8.56. The first-order valence-electron chi connectivity index (χ1n) is 20.2. The summed E-state index contributed by atoms with van der Waals surface area (Å²) >= 11 is 0. The Morgan fingerprint density at radius 1 is 0.933 bits per heavy atom. The van der Waals surface area contributed by atoms with Gasteiger partial charge >= 0.3 is 11.8 Å². The number of methoxy groups -OCH3 is 1. The van der Waals surface area contributed by atoms with Gasteiger partial charge < -0.3 is 54.7 Å². The first kappa shape index (κ1) is 45.6. The number of anilines is 1. The van der Waals surface area contributed by atoms with Crippen LogP contribution in [0.25, 0.3) is 10.8 Å². The van der Waals surface area contributed by atoms with Gasteiger partial charge in [0.2, 0.25) is 0 Å². The first-order valence-corrected chi connectivity index (χ1v) is 20.2. The third-order valence-electron chi connectivity index (χ3n) is 11.9. The number of rotatable bonds is 5. The standard InChI is InChI=1S/C44H58N4O12/c1-22-14-13-15-23(2)43(56)47-34-29(20-45-46-21-48-17-11-10-12-18-48)38(53)31-32(39(34)54)37(52)27(6)41-33(31)42(55)44(8,60-41)58-19-16-30(57-9)24(3)40(59-28(7)49)26(5)36(51)25(4)35(22)50/h13-16,19-22,24-26,30,35-36,40,50-54H,10-12,17-18H2,1-9H3,(H,47,56)/b14-13+,19-16+,23-15-,45-20-,46-21-/t22-,24+,25-,26-,30+,35-,36-,40-,44-/m0/s1. The monoisotopic (exact) mass is 834 g/mol. The number of ketones is 1. The van der Waals surface area contributed by atoms with Crippen LogP contribution in [0, 0.1) is 30.6 Å². The number of nitrogens with zero attached hydrogens (tertiary/aromatic N) is 3. The van der Waals surface area contributed by atoms with E-state index in [4.69, 9.17) is 18.9 Å². The van der Waals surface area contributed by atoms with Crippen LogP contribution in [0.4, 0.5) is 5.69 Å². The molecule has 0 aliphatic carbocycles. The molecule has 60 heavy (non-hydrogen) atoms. The average Bonchev–Trinajstić information content (AvgIpc) is 3.48. The van der Waals surface area contributed by atoms with E-state index < -0.39 is 88.8 Å². The topological polar surface area (TPSA) is 229 Å². The number of aliphatic hydroxyl groups excluding tert-OH is 2. The maximum atomic E-state index is 14.4. The number of piperidine rings is 1. The van der Waals surface area contributed by atoms with Crippen LogP contribution in [-0.2, 0) is 23.8 Å². The quantitative estimate of drug-likeness (QED) is 0.0539. The molecule has 4 aliphatic rings. The highest BCUT2D eigenvalue weighted by Gasteiger charge is 2.50. The number of allylic oxidation sites excluding steroid dienone is 2. The van der Waals surface area contributed by atoms with E-state index in [-0.39, 0.29) is 44.5 Å². The van der Waals surface area contributed by atoms with Crippen LogP contribution in [0.15, 0.2) is 46.3 Å². The lowest BCUT2D eigenvalue weighted by Gasteiger charge is -2.38. The van der Waals surface area contributed by atoms with Gasteiger partial charge in [-0.1, -0.05) is 45.9 Å². The highest BCUT2D eigenvalue weighted by molar-refractivity contribution is 6.23. The number of phenolic OH excluding ortho intramolecular Hbond substituents is 3. The SMILES string of the molecule is CO[C@@H]1/C=C/O[C@@]2(C)Oc3c(C)c(O)c4c(O)c(c(/C=N\N=C/N5CCCCC5)c(O)c4c3C2=O)NC(=O)/C(C)=C\C=C\[C@H](C)[C@H](O)[C@H](C)[C@H](O)[C@H](C)[C@@H](OC(C)=O)[C@@H]1C. The molecule has 6 rings (SSSR count). The summed E-state index contributed by atoms with van der Waals surface area (Å²) in [7, 11) is 1.43. The summed E-state index contributed by atoms with van der Waals surface area (Å²) < 4.78 is 23.6. The molecule has 1 saturated heterocycles. The number of hydrogen-bond donors (Lipinski definition) is 6. The maximum Gasteiger partial charge on any atom is 0.312 e. The van der Waals surface area contributed by atoms with Gasteiger partial charge in [0.15, 0.2) is 5.75 Å². The van der Waals surface area contributed by atoms with Crippen molar-refractivity contribution >= 4 is 46.7 Å². The fraction of sp³-hybridized carbons (Fsp3) is 0.523. The lowest BCUT2D eigenvalue weighted by Crippen LogP contribution is -2.46. The Labute approximate surface area is 349 Å². The van der Waals surface area contributed by atoms with Crippen LogP contribution in [0.5, 0.6) is 23.0 Å². The molecule has 0 unspecified atom stereocenters. The van der Waals surface area contributed by atoms with Crippen LogP contribution in [0.3, 0.4) is 0 Å². The Hall–Kier alpha value is -5.45. The number of esters is 1. The summed E-state index contributed by atoms with van der Waals surface area (Å²) in [6.07, 6.45) is 9.29. The van der Waals surface area contributed by atoms with E-state index in [9.17, 15) is 39.9 Å². The molecule has 5 bridgehead atoms. The summed E-state index contributed by atoms with van der Waals surface area (Å²) in [6.45, 7) is 14.1. The molecule has 4 aliphatic heterocycles. The van der Waals surface area contributed by atoms with Crippen molar-refractivity contribution in [3.05, 3.63) is 52.8 Å². The number of Topliss-reactive ketones (excluding diaryl/α,β-unsaturated/α-hetero) is 1. The molecule has 0 aromatic heterocycles. The van der Waals surface area contributed by atoms with E-state index in [2.05, 4.69) is 15.5 Å². The molecule has 16 nitrogen and oxygen atoms in total. The molecule has 1 fully saturated rings. The van der Waals surface area contributed by atoms with Gasteiger partial charge in [-0.2, -0.15) is 5.10 Å². The molecule has 326 valence electrons. The van der Waals surface area contributed by atoms with Crippen molar-refractivity contribution in [3.8, 4) is 23.0 Å². The predicted octanol–water partition coefficient (Wildman–Crippen LogP) is 5.60. The van der Waals surface area contributed by atoms with Crippen LogP contribution >= 0.6 is 0 Å². The maximum absolute atomic E-state index is 14.4. The van der Waals surface area contributed by atoms with Crippen molar-refractivity contribution in [1.29, 1.82) is 0 Å². The Morgan fingerprint density at radius 3 is 2.27 bits per heavy atom. The normalized spacial score (nSPS) is 31.5. The molecular formula is C44H58N4O12. The second-order valence-electron chi connectivity index (χ2n) is 16.2. The van der Waals surface area contributed by atoms with Gasteiger partial charge in [-0.25, -0.2) is 0 Å². The number of nitrogens with one attached hydrogen (secondary N) is 1. The second kappa shape index (κ2) is 18.9. The number of likely N-dealkylation sites (tertiary alicyclic amines) is 1. The number of hydrogen-bond acceptors (Lipinski definition) is 14. The highest BCUT2D eigenvalue weighted by atomic mass is 16.7. The van der Waals surface area contributed by atoms with Gasteiger partial charge in [-0.3, -0.25) is 14.4 Å². The average molecular weight is 835 g/mol. The number of carbonyl (C=O) groups is 3. The van der Waals surface area contributed by atoms with Crippen molar-refractivity contribution < 1.29 is 58.9 Å². The highest BCUT2D eigenvalue weighted by Crippen LogP contribution is 2.55. The number of benzene rings is 2. The number of amides is 1. The fourth-order valence-electron chi connectivity index (χ4n) is 8.10. The third kappa shape index (κ3) is 9.15. The molecule has 0 radical (unpaired) electrons. The van der Waals surface area contributed by atoms with Crippen molar-refractivity contribution in [1.82, 2.24) is 4.90 Å². The van der Waals surface area contributed by atoms with Gasteiger partial charge in [-0.15, -0.1) is 5.10 Å². The van der Waals surface area contributed by atoms with Crippen LogP contribution in [0.2, 0.25) is 0 Å². The summed E-state index contributed by atoms with van der Waals surface area (Å²) in [5, 5.41) is 68.6. The van der Waals surface area contributed by atoms with Crippen LogP contribution in [-0.4, -0.2) is 111 Å². The van der Waals surface area contributed by atoms with Gasteiger partial charge in [-0.05, 0) is 39.2 Å². The molecule has 2 aromatic carbocycles. The van der Waals surface area contributed by atoms with E-state index in [1.54, 1.807) is 46.2 Å². The minimum atomic E-state index is -2.06. The Bertz CT molecular complexity index is 2120. The van der Waals surface area contributed by atoms with Gasteiger partial charge in [0, 0.05) is 74.2 Å². The van der Waals surface area contributed by atoms with E-state index in [1.165, 1.54) is 53.2 Å². The molecule has 6 N–H and O–H groups in total. The zero-order valence-corrected chi connectivity index (χ0v) is 35.6. The Balaban J connectivity index is 1.69. The summed E-state index contributed by atoms with van der Waals surface area (Å²) in [5.41, 5.74) is -0.544. The molecule has 16 heteroatoms. The zero-order valence-electron chi connectivity index (χ0n) is 35.6. The number of ether oxygens (including phenoxy) is 4. The van der Waals surface area contributed by atoms with Crippen molar-refractivity contribution in [3.63, 3.8) is 0 Å². The van der Waals surface area contributed by atoms with Crippen molar-refractivity contribution in [2.75, 3.05) is 25.5 Å². The molecular weight excluding hydrogens is 776 g/mol. The second-order valence-corrected chi connectivity index (χ2v) is 16.2. The molecule has 4 heterocycles. The van der Waals surface area contributed by atoms with E-state index in [1.807, 2.05) is 4.90 Å². The molecule has 2 aromatic rings. The molecule has 9 atom stereocenters. The lowest BCUT2D eigenvalue weighted by molar-refractivity contribution is -0.160. The number of fused-ring (bicyclic) bond motifs is 14. The largest absolute Gasteiger partial charge is 0.507 e. The van der Waals surface area contributed by atoms with E-state index >= 15 is 0 Å². The molecule has 0 saturated carbocycles. The number of carbonyl (C=O) groups excluding carboxylic acids is 3. The van der Waals surface area contributed by atoms with E-state index in [0.717, 1.165) is 38.6 Å². The summed E-state index contributed by atoms with van der Waals surface area (Å²) in [6, 6.07) is 0. The summed E-state index contributed by atoms with van der Waals surface area (Å²) in [4.78, 5) is 42.4. The predicted molar refractivity (Wildman–Crippen MR) is 225 cm³/mol. The minimum absolute atomic E-state index is 0.0408.